The first-order valence-electron chi connectivity index (χ1n) is 7.46. The molecule has 3 atom stereocenters. The topological polar surface area (TPSA) is 35.6 Å². The maximum Gasteiger partial charge on any atom is 0.236 e. The zero-order valence-electron chi connectivity index (χ0n) is 11.4. The molecule has 0 saturated carbocycles. The summed E-state index contributed by atoms with van der Waals surface area (Å²) >= 11 is 0. The van der Waals surface area contributed by atoms with Gasteiger partial charge in [0.2, 0.25) is 5.91 Å². The van der Waals surface area contributed by atoms with E-state index in [0.29, 0.717) is 18.5 Å². The van der Waals surface area contributed by atoms with Gasteiger partial charge in [0, 0.05) is 25.7 Å². The van der Waals surface area contributed by atoms with E-state index < -0.39 is 0 Å². The molecule has 3 saturated heterocycles. The first kappa shape index (κ1) is 12.4. The third-order valence-electron chi connectivity index (χ3n) is 4.95. The third-order valence-corrected chi connectivity index (χ3v) is 4.95. The van der Waals surface area contributed by atoms with E-state index in [-0.39, 0.29) is 0 Å². The van der Waals surface area contributed by atoms with Crippen LogP contribution in [0.4, 0.5) is 0 Å². The van der Waals surface area contributed by atoms with Crippen LogP contribution in [0.3, 0.4) is 0 Å². The number of rotatable bonds is 2. The number of fused-ring (bicyclic) bond motifs is 1. The normalized spacial score (nSPS) is 36.9. The Morgan fingerprint density at radius 3 is 2.61 bits per heavy atom. The number of carbonyl (C=O) groups excluding carboxylic acids is 1. The Hall–Kier alpha value is -0.610. The van der Waals surface area contributed by atoms with Crippen LogP contribution in [-0.2, 0) is 4.79 Å². The van der Waals surface area contributed by atoms with Crippen LogP contribution in [0.5, 0.6) is 0 Å². The molecule has 3 unspecified atom stereocenters. The van der Waals surface area contributed by atoms with Gasteiger partial charge in [0.05, 0.1) is 6.54 Å². The number of piperidine rings is 1. The molecule has 0 aromatic rings. The Morgan fingerprint density at radius 1 is 1.22 bits per heavy atom. The molecule has 3 rings (SSSR count). The number of amides is 1. The van der Waals surface area contributed by atoms with E-state index >= 15 is 0 Å². The smallest absolute Gasteiger partial charge is 0.236 e. The molecule has 0 bridgehead atoms. The number of hydrogen-bond donors (Lipinski definition) is 1. The molecule has 4 heteroatoms. The lowest BCUT2D eigenvalue weighted by atomic mass is 10.0. The van der Waals surface area contributed by atoms with Crippen molar-refractivity contribution >= 4 is 5.91 Å². The first-order chi connectivity index (χ1) is 8.74. The van der Waals surface area contributed by atoms with Crippen molar-refractivity contribution in [2.24, 2.45) is 11.8 Å². The monoisotopic (exact) mass is 251 g/mol. The Balaban J connectivity index is 1.52. The van der Waals surface area contributed by atoms with Gasteiger partial charge in [-0.3, -0.25) is 9.69 Å². The van der Waals surface area contributed by atoms with E-state index in [9.17, 15) is 4.79 Å². The molecule has 0 aliphatic carbocycles. The van der Waals surface area contributed by atoms with Crippen molar-refractivity contribution in [1.29, 1.82) is 0 Å². The predicted octanol–water partition coefficient (Wildman–Crippen LogP) is 0.539. The second kappa shape index (κ2) is 5.17. The Bertz CT molecular complexity index is 308. The van der Waals surface area contributed by atoms with Crippen molar-refractivity contribution in [2.45, 2.75) is 32.2 Å². The van der Waals surface area contributed by atoms with Gasteiger partial charge in [-0.05, 0) is 51.1 Å². The van der Waals surface area contributed by atoms with Gasteiger partial charge >= 0.3 is 0 Å². The second-order valence-corrected chi connectivity index (χ2v) is 6.30. The fraction of sp³-hybridized carbons (Fsp3) is 0.929. The average Bonchev–Trinajstić information content (AvgIpc) is 2.90. The summed E-state index contributed by atoms with van der Waals surface area (Å²) < 4.78 is 0. The molecule has 1 N–H and O–H groups in total. The summed E-state index contributed by atoms with van der Waals surface area (Å²) in [5.41, 5.74) is 0. The zero-order valence-corrected chi connectivity index (χ0v) is 11.4. The van der Waals surface area contributed by atoms with Gasteiger partial charge in [0.25, 0.3) is 0 Å². The molecular weight excluding hydrogens is 226 g/mol. The second-order valence-electron chi connectivity index (χ2n) is 6.30. The summed E-state index contributed by atoms with van der Waals surface area (Å²) in [6.45, 7) is 8.35. The summed E-state index contributed by atoms with van der Waals surface area (Å²) in [5.74, 6) is 1.93. The molecule has 102 valence electrons. The highest BCUT2D eigenvalue weighted by Crippen LogP contribution is 2.26. The lowest BCUT2D eigenvalue weighted by Crippen LogP contribution is -2.46. The molecule has 18 heavy (non-hydrogen) atoms. The molecule has 0 aromatic heterocycles. The van der Waals surface area contributed by atoms with E-state index in [2.05, 4.69) is 22.0 Å². The molecule has 1 amide bonds. The minimum Gasteiger partial charge on any atom is -0.339 e. The van der Waals surface area contributed by atoms with Crippen LogP contribution >= 0.6 is 0 Å². The molecule has 0 radical (unpaired) electrons. The van der Waals surface area contributed by atoms with Crippen molar-refractivity contribution in [3.63, 3.8) is 0 Å². The van der Waals surface area contributed by atoms with Crippen molar-refractivity contribution in [2.75, 3.05) is 39.3 Å². The molecule has 0 aromatic carbocycles. The van der Waals surface area contributed by atoms with Crippen molar-refractivity contribution in [3.05, 3.63) is 0 Å². The highest BCUT2D eigenvalue weighted by molar-refractivity contribution is 5.78. The summed E-state index contributed by atoms with van der Waals surface area (Å²) in [4.78, 5) is 16.8. The molecule has 3 fully saturated rings. The van der Waals surface area contributed by atoms with Crippen LogP contribution < -0.4 is 5.32 Å². The summed E-state index contributed by atoms with van der Waals surface area (Å²) in [6.07, 6.45) is 3.65. The molecule has 3 heterocycles. The molecule has 4 nitrogen and oxygen atoms in total. The van der Waals surface area contributed by atoms with E-state index in [1.165, 1.54) is 19.3 Å². The molecular formula is C14H25N3O. The minimum absolute atomic E-state index is 0.357. The number of nitrogens with zero attached hydrogens (tertiary/aromatic N) is 2. The van der Waals surface area contributed by atoms with Crippen LogP contribution in [-0.4, -0.2) is 61.0 Å². The lowest BCUT2D eigenvalue weighted by Gasteiger charge is -2.34. The van der Waals surface area contributed by atoms with Gasteiger partial charge in [-0.15, -0.1) is 0 Å². The summed E-state index contributed by atoms with van der Waals surface area (Å²) in [6, 6.07) is 0.454. The lowest BCUT2D eigenvalue weighted by molar-refractivity contribution is -0.135. The fourth-order valence-electron chi connectivity index (χ4n) is 3.83. The Morgan fingerprint density at radius 2 is 1.94 bits per heavy atom. The van der Waals surface area contributed by atoms with Gasteiger partial charge in [-0.2, -0.15) is 0 Å². The van der Waals surface area contributed by atoms with E-state index in [4.69, 9.17) is 0 Å². The van der Waals surface area contributed by atoms with E-state index in [1.54, 1.807) is 0 Å². The largest absolute Gasteiger partial charge is 0.339 e. The zero-order chi connectivity index (χ0) is 12.5. The number of nitrogens with one attached hydrogen (secondary N) is 1. The standard InChI is InChI=1S/C14H25N3O/c1-11-4-2-3-5-17(11)14(18)10-16-8-12-6-15-7-13(12)9-16/h11-13,15H,2-10H2,1H3. The molecule has 0 spiro atoms. The van der Waals surface area contributed by atoms with Crippen molar-refractivity contribution in [3.8, 4) is 0 Å². The predicted molar refractivity (Wildman–Crippen MR) is 71.3 cm³/mol. The summed E-state index contributed by atoms with van der Waals surface area (Å²) in [5, 5.41) is 3.45. The molecule has 3 aliphatic rings. The maximum absolute atomic E-state index is 12.4. The van der Waals surface area contributed by atoms with Crippen LogP contribution in [0.15, 0.2) is 0 Å². The Labute approximate surface area is 110 Å². The van der Waals surface area contributed by atoms with Crippen LogP contribution in [0.25, 0.3) is 0 Å². The quantitative estimate of drug-likeness (QED) is 0.778. The van der Waals surface area contributed by atoms with Crippen molar-refractivity contribution in [1.82, 2.24) is 15.1 Å². The van der Waals surface area contributed by atoms with Crippen LogP contribution in [0.2, 0.25) is 0 Å². The van der Waals surface area contributed by atoms with Gasteiger partial charge < -0.3 is 10.2 Å². The maximum atomic E-state index is 12.4. The first-order valence-corrected chi connectivity index (χ1v) is 7.46. The van der Waals surface area contributed by atoms with Crippen LogP contribution in [0.1, 0.15) is 26.2 Å². The van der Waals surface area contributed by atoms with E-state index in [1.807, 2.05) is 0 Å². The third kappa shape index (κ3) is 2.41. The SMILES string of the molecule is CC1CCCCN1C(=O)CN1CC2CNCC2C1. The fourth-order valence-corrected chi connectivity index (χ4v) is 3.83. The number of hydrogen-bond acceptors (Lipinski definition) is 3. The van der Waals surface area contributed by atoms with Gasteiger partial charge in [-0.25, -0.2) is 0 Å². The molecule has 3 aliphatic heterocycles. The number of carbonyl (C=O) groups is 1. The Kier molecular flexibility index (Phi) is 3.57. The average molecular weight is 251 g/mol. The highest BCUT2D eigenvalue weighted by atomic mass is 16.2. The minimum atomic E-state index is 0.357. The van der Waals surface area contributed by atoms with E-state index in [0.717, 1.165) is 44.6 Å². The number of likely N-dealkylation sites (tertiary alicyclic amines) is 2. The summed E-state index contributed by atoms with van der Waals surface area (Å²) in [7, 11) is 0. The van der Waals surface area contributed by atoms with Crippen molar-refractivity contribution < 1.29 is 4.79 Å². The van der Waals surface area contributed by atoms with Crippen LogP contribution in [0, 0.1) is 11.8 Å². The highest BCUT2D eigenvalue weighted by Gasteiger charge is 2.37. The van der Waals surface area contributed by atoms with Gasteiger partial charge in [0.15, 0.2) is 0 Å². The van der Waals surface area contributed by atoms with Gasteiger partial charge in [0.1, 0.15) is 0 Å². The van der Waals surface area contributed by atoms with Gasteiger partial charge in [-0.1, -0.05) is 0 Å².